The summed E-state index contributed by atoms with van der Waals surface area (Å²) in [6.07, 6.45) is 2.19. The van der Waals surface area contributed by atoms with Gasteiger partial charge >= 0.3 is 0 Å². The molecule has 1 aromatic carbocycles. The fourth-order valence-corrected chi connectivity index (χ4v) is 2.98. The van der Waals surface area contributed by atoms with E-state index in [0.29, 0.717) is 23.8 Å². The van der Waals surface area contributed by atoms with Crippen LogP contribution >= 0.6 is 11.3 Å². The molecule has 5 heteroatoms. The first-order chi connectivity index (χ1) is 9.79. The summed E-state index contributed by atoms with van der Waals surface area (Å²) < 4.78 is 0. The summed E-state index contributed by atoms with van der Waals surface area (Å²) in [5, 5.41) is 2.04. The van der Waals surface area contributed by atoms with Crippen LogP contribution in [0.1, 0.15) is 28.1 Å². The van der Waals surface area contributed by atoms with Gasteiger partial charge in [-0.1, -0.05) is 18.2 Å². The van der Waals surface area contributed by atoms with Crippen LogP contribution < -0.4 is 11.3 Å². The minimum atomic E-state index is 0.0504. The van der Waals surface area contributed by atoms with Crippen molar-refractivity contribution in [1.82, 2.24) is 4.90 Å². The van der Waals surface area contributed by atoms with Gasteiger partial charge in [0.25, 0.3) is 5.91 Å². The second-order valence-electron chi connectivity index (χ2n) is 4.93. The van der Waals surface area contributed by atoms with Crippen LogP contribution in [0, 0.1) is 0 Å². The fourth-order valence-electron chi connectivity index (χ4n) is 2.27. The van der Waals surface area contributed by atoms with E-state index in [0.717, 1.165) is 12.8 Å². The second kappa shape index (κ2) is 5.64. The highest BCUT2D eigenvalue weighted by atomic mass is 32.1. The number of benzene rings is 1. The van der Waals surface area contributed by atoms with Crippen LogP contribution in [0.25, 0.3) is 0 Å². The molecular formula is C15H17N3OS. The smallest absolute Gasteiger partial charge is 0.256 e. The molecule has 20 heavy (non-hydrogen) atoms. The summed E-state index contributed by atoms with van der Waals surface area (Å²) in [7, 11) is 0. The predicted molar refractivity (Wildman–Crippen MR) is 81.5 cm³/mol. The lowest BCUT2D eigenvalue weighted by Crippen LogP contribution is -2.33. The number of carbonyl (C=O) groups excluding carboxylic acids is 1. The Morgan fingerprint density at radius 1 is 1.30 bits per heavy atom. The summed E-state index contributed by atoms with van der Waals surface area (Å²) in [5.41, 5.74) is 3.92. The van der Waals surface area contributed by atoms with Crippen molar-refractivity contribution >= 4 is 22.9 Å². The van der Waals surface area contributed by atoms with Crippen LogP contribution in [0.4, 0.5) is 5.69 Å². The highest BCUT2D eigenvalue weighted by Crippen LogP contribution is 2.31. The first-order valence-corrected chi connectivity index (χ1v) is 7.56. The van der Waals surface area contributed by atoms with Gasteiger partial charge in [-0.25, -0.2) is 0 Å². The number of nitrogens with one attached hydrogen (secondary N) is 1. The lowest BCUT2D eigenvalue weighted by molar-refractivity contribution is 0.0732. The quantitative estimate of drug-likeness (QED) is 0.656. The Bertz CT molecular complexity index is 593. The molecule has 3 N–H and O–H groups in total. The molecule has 4 nitrogen and oxygen atoms in total. The van der Waals surface area contributed by atoms with Gasteiger partial charge in [0.05, 0.1) is 17.8 Å². The molecule has 0 spiro atoms. The van der Waals surface area contributed by atoms with E-state index in [-0.39, 0.29) is 5.91 Å². The molecular weight excluding hydrogens is 270 g/mol. The summed E-state index contributed by atoms with van der Waals surface area (Å²) in [6.45, 7) is 0.681. The number of para-hydroxylation sites is 1. The fraction of sp³-hybridized carbons (Fsp3) is 0.267. The van der Waals surface area contributed by atoms with Crippen molar-refractivity contribution in [1.29, 1.82) is 0 Å². The summed E-state index contributed by atoms with van der Waals surface area (Å²) >= 11 is 1.68. The third kappa shape index (κ3) is 2.69. The molecule has 0 bridgehead atoms. The molecule has 0 atom stereocenters. The van der Waals surface area contributed by atoms with E-state index >= 15 is 0 Å². The number of thiophene rings is 1. The van der Waals surface area contributed by atoms with Crippen molar-refractivity contribution in [3.8, 4) is 0 Å². The molecule has 1 amide bonds. The van der Waals surface area contributed by atoms with Crippen molar-refractivity contribution in [3.63, 3.8) is 0 Å². The zero-order valence-electron chi connectivity index (χ0n) is 11.1. The number of rotatable bonds is 5. The van der Waals surface area contributed by atoms with Crippen LogP contribution in [0.3, 0.4) is 0 Å². The van der Waals surface area contributed by atoms with E-state index in [4.69, 9.17) is 5.84 Å². The molecule has 0 unspecified atom stereocenters. The van der Waals surface area contributed by atoms with Crippen molar-refractivity contribution in [2.45, 2.75) is 25.4 Å². The lowest BCUT2D eigenvalue weighted by atomic mass is 10.1. The molecule has 104 valence electrons. The summed E-state index contributed by atoms with van der Waals surface area (Å²) in [6, 6.07) is 11.8. The molecule has 0 aliphatic heterocycles. The largest absolute Gasteiger partial charge is 0.330 e. The standard InChI is InChI=1S/C15H17N3OS/c16-17-14-6-2-1-5-13(14)15(19)18(11-7-8-11)10-12-4-3-9-20-12/h1-6,9,11,17H,7-8,10,16H2. The highest BCUT2D eigenvalue weighted by Gasteiger charge is 2.33. The number of nitrogens with two attached hydrogens (primary N) is 1. The number of anilines is 1. The molecule has 0 radical (unpaired) electrons. The van der Waals surface area contributed by atoms with Gasteiger partial charge in [0.15, 0.2) is 0 Å². The Balaban J connectivity index is 1.85. The molecule has 1 fully saturated rings. The SMILES string of the molecule is NNc1ccccc1C(=O)N(Cc1cccs1)C1CC1. The normalized spacial score (nSPS) is 14.1. The maximum atomic E-state index is 12.8. The maximum absolute atomic E-state index is 12.8. The summed E-state index contributed by atoms with van der Waals surface area (Å²) in [4.78, 5) is 15.9. The van der Waals surface area contributed by atoms with Crippen LogP contribution in [0.5, 0.6) is 0 Å². The molecule has 1 aromatic heterocycles. The summed E-state index contributed by atoms with van der Waals surface area (Å²) in [5.74, 6) is 5.55. The molecule has 1 aliphatic rings. The van der Waals surface area contributed by atoms with Gasteiger partial charge in [-0.05, 0) is 36.4 Å². The highest BCUT2D eigenvalue weighted by molar-refractivity contribution is 7.09. The van der Waals surface area contributed by atoms with Gasteiger partial charge in [0, 0.05) is 10.9 Å². The van der Waals surface area contributed by atoms with Crippen molar-refractivity contribution in [2.75, 3.05) is 5.43 Å². The number of hydrogen-bond acceptors (Lipinski definition) is 4. The monoisotopic (exact) mass is 287 g/mol. The number of carbonyl (C=O) groups is 1. The lowest BCUT2D eigenvalue weighted by Gasteiger charge is -2.23. The van der Waals surface area contributed by atoms with Gasteiger partial charge in [0.1, 0.15) is 0 Å². The Morgan fingerprint density at radius 2 is 2.10 bits per heavy atom. The Kier molecular flexibility index (Phi) is 3.71. The maximum Gasteiger partial charge on any atom is 0.256 e. The number of hydrazine groups is 1. The van der Waals surface area contributed by atoms with E-state index in [1.165, 1.54) is 4.88 Å². The van der Waals surface area contributed by atoms with Crippen LogP contribution in [-0.4, -0.2) is 16.8 Å². The van der Waals surface area contributed by atoms with Crippen LogP contribution in [-0.2, 0) is 6.54 Å². The molecule has 2 aromatic rings. The van der Waals surface area contributed by atoms with Gasteiger partial charge in [-0.2, -0.15) is 0 Å². The zero-order valence-corrected chi connectivity index (χ0v) is 11.9. The van der Waals surface area contributed by atoms with Gasteiger partial charge in [-0.3, -0.25) is 10.6 Å². The molecule has 3 rings (SSSR count). The van der Waals surface area contributed by atoms with E-state index in [1.807, 2.05) is 40.6 Å². The van der Waals surface area contributed by atoms with E-state index in [1.54, 1.807) is 11.3 Å². The van der Waals surface area contributed by atoms with Crippen molar-refractivity contribution in [3.05, 3.63) is 52.2 Å². The zero-order chi connectivity index (χ0) is 13.9. The Hall–Kier alpha value is -1.85. The third-order valence-electron chi connectivity index (χ3n) is 3.47. The Labute approximate surface area is 122 Å². The van der Waals surface area contributed by atoms with Gasteiger partial charge < -0.3 is 10.3 Å². The van der Waals surface area contributed by atoms with E-state index in [9.17, 15) is 4.79 Å². The molecule has 0 saturated heterocycles. The average molecular weight is 287 g/mol. The van der Waals surface area contributed by atoms with Gasteiger partial charge in [0.2, 0.25) is 0 Å². The first kappa shape index (κ1) is 13.1. The average Bonchev–Trinajstić information content (AvgIpc) is 3.20. The topological polar surface area (TPSA) is 58.4 Å². The molecule has 1 aliphatic carbocycles. The van der Waals surface area contributed by atoms with Crippen molar-refractivity contribution in [2.24, 2.45) is 5.84 Å². The number of amides is 1. The first-order valence-electron chi connectivity index (χ1n) is 6.68. The minimum Gasteiger partial charge on any atom is -0.330 e. The number of nitrogens with zero attached hydrogens (tertiary/aromatic N) is 1. The minimum absolute atomic E-state index is 0.0504. The Morgan fingerprint density at radius 3 is 2.75 bits per heavy atom. The molecule has 1 saturated carbocycles. The van der Waals surface area contributed by atoms with Crippen LogP contribution in [0.2, 0.25) is 0 Å². The molecule has 1 heterocycles. The number of nitrogen functional groups attached to an aromatic ring is 1. The van der Waals surface area contributed by atoms with Crippen molar-refractivity contribution < 1.29 is 4.79 Å². The van der Waals surface area contributed by atoms with Crippen LogP contribution in [0.15, 0.2) is 41.8 Å². The van der Waals surface area contributed by atoms with Gasteiger partial charge in [-0.15, -0.1) is 11.3 Å². The van der Waals surface area contributed by atoms with E-state index < -0.39 is 0 Å². The predicted octanol–water partition coefficient (Wildman–Crippen LogP) is 2.84. The van der Waals surface area contributed by atoms with E-state index in [2.05, 4.69) is 11.5 Å². The number of hydrogen-bond donors (Lipinski definition) is 2. The second-order valence-corrected chi connectivity index (χ2v) is 5.97. The third-order valence-corrected chi connectivity index (χ3v) is 4.33.